The van der Waals surface area contributed by atoms with Crippen molar-refractivity contribution in [3.63, 3.8) is 0 Å². The molecule has 2 aromatic rings. The lowest BCUT2D eigenvalue weighted by molar-refractivity contribution is 0.0698. The van der Waals surface area contributed by atoms with Crippen molar-refractivity contribution in [3.05, 3.63) is 35.0 Å². The van der Waals surface area contributed by atoms with Crippen LogP contribution in [0.1, 0.15) is 60.4 Å². The monoisotopic (exact) mass is 317 g/mol. The number of benzene rings is 1. The number of aryl methyl sites for hydroxylation is 1. The van der Waals surface area contributed by atoms with Gasteiger partial charge in [-0.1, -0.05) is 20.8 Å². The smallest absolute Gasteiger partial charge is 0.337 e. The van der Waals surface area contributed by atoms with E-state index < -0.39 is 5.97 Å². The van der Waals surface area contributed by atoms with Gasteiger partial charge in [-0.2, -0.15) is 0 Å². The zero-order valence-corrected chi connectivity index (χ0v) is 14.0. The molecule has 0 spiro atoms. The molecule has 0 saturated carbocycles. The zero-order chi connectivity index (χ0) is 17.4. The number of nitrogens with zero attached hydrogens (tertiary/aromatic N) is 1. The van der Waals surface area contributed by atoms with Crippen molar-refractivity contribution >= 4 is 22.7 Å². The first-order valence-electron chi connectivity index (χ1n) is 7.69. The Morgan fingerprint density at radius 3 is 2.30 bits per heavy atom. The lowest BCUT2D eigenvalue weighted by atomic mass is 9.85. The van der Waals surface area contributed by atoms with Crippen LogP contribution in [0.5, 0.6) is 0 Å². The highest BCUT2D eigenvalue weighted by Crippen LogP contribution is 2.32. The van der Waals surface area contributed by atoms with Gasteiger partial charge in [0.2, 0.25) is 0 Å². The molecule has 1 heterocycles. The predicted molar refractivity (Wildman–Crippen MR) is 89.3 cm³/mol. The Kier molecular flexibility index (Phi) is 4.61. The van der Waals surface area contributed by atoms with E-state index in [0.29, 0.717) is 29.4 Å². The van der Waals surface area contributed by atoms with Crippen LogP contribution in [0, 0.1) is 0 Å². The first kappa shape index (κ1) is 17.2. The maximum absolute atomic E-state index is 12.0. The third-order valence-electron chi connectivity index (χ3n) is 4.01. The zero-order valence-electron chi connectivity index (χ0n) is 14.0. The fraction of sp³-hybridized carbons (Fsp3) is 0.444. The van der Waals surface area contributed by atoms with Crippen LogP contribution < -0.4 is 0 Å². The summed E-state index contributed by atoms with van der Waals surface area (Å²) >= 11 is 0. The van der Waals surface area contributed by atoms with E-state index in [-0.39, 0.29) is 23.4 Å². The van der Waals surface area contributed by atoms with Gasteiger partial charge >= 0.3 is 5.97 Å². The van der Waals surface area contributed by atoms with Crippen molar-refractivity contribution in [2.24, 2.45) is 0 Å². The number of carbonyl (C=O) groups is 2. The van der Waals surface area contributed by atoms with Crippen molar-refractivity contribution in [1.82, 2.24) is 4.57 Å². The van der Waals surface area contributed by atoms with Crippen molar-refractivity contribution < 1.29 is 19.8 Å². The van der Waals surface area contributed by atoms with Gasteiger partial charge in [-0.3, -0.25) is 4.79 Å². The Balaban J connectivity index is 2.86. The van der Waals surface area contributed by atoms with Gasteiger partial charge in [-0.05, 0) is 36.5 Å². The average Bonchev–Trinajstić information content (AvgIpc) is 2.82. The highest BCUT2D eigenvalue weighted by Gasteiger charge is 2.23. The molecule has 0 aliphatic carbocycles. The fourth-order valence-corrected chi connectivity index (χ4v) is 2.73. The van der Waals surface area contributed by atoms with Gasteiger partial charge in [-0.25, -0.2) is 4.79 Å². The molecule has 0 saturated heterocycles. The second-order valence-electron chi connectivity index (χ2n) is 6.84. The summed E-state index contributed by atoms with van der Waals surface area (Å²) in [7, 11) is 0. The number of Topliss-reactive ketones (excluding diaryl/α,β-unsaturated/α-hetero) is 1. The molecule has 0 aliphatic rings. The van der Waals surface area contributed by atoms with Crippen LogP contribution in [0.2, 0.25) is 0 Å². The standard InChI is InChI=1S/C18H23NO4/c1-11(21)15-10-19(6-5-7-20)16-13(15)8-12(18(2,3)4)9-14(16)17(22)23/h8-10,20H,5-7H2,1-4H3,(H,22,23). The molecule has 5 nitrogen and oxygen atoms in total. The topological polar surface area (TPSA) is 79.5 Å². The summed E-state index contributed by atoms with van der Waals surface area (Å²) in [5.74, 6) is -1.11. The Hall–Kier alpha value is -2.14. The van der Waals surface area contributed by atoms with E-state index in [1.165, 1.54) is 6.92 Å². The molecular weight excluding hydrogens is 294 g/mol. The first-order chi connectivity index (χ1) is 10.7. The third kappa shape index (κ3) is 3.29. The van der Waals surface area contributed by atoms with Crippen molar-refractivity contribution in [2.45, 2.75) is 46.1 Å². The summed E-state index contributed by atoms with van der Waals surface area (Å²) in [6.45, 7) is 7.99. The summed E-state index contributed by atoms with van der Waals surface area (Å²) in [4.78, 5) is 23.7. The van der Waals surface area contributed by atoms with Crippen LogP contribution in [0.25, 0.3) is 10.9 Å². The Labute approximate surface area is 135 Å². The molecule has 1 aromatic heterocycles. The molecule has 0 atom stereocenters. The predicted octanol–water partition coefficient (Wildman–Crippen LogP) is 3.22. The summed E-state index contributed by atoms with van der Waals surface area (Å²) in [5.41, 5.74) is 1.91. The number of rotatable bonds is 5. The van der Waals surface area contributed by atoms with Crippen molar-refractivity contribution in [1.29, 1.82) is 0 Å². The molecule has 5 heteroatoms. The Morgan fingerprint density at radius 1 is 1.17 bits per heavy atom. The van der Waals surface area contributed by atoms with Gasteiger partial charge < -0.3 is 14.8 Å². The lowest BCUT2D eigenvalue weighted by Crippen LogP contribution is -2.13. The number of fused-ring (bicyclic) bond motifs is 1. The van der Waals surface area contributed by atoms with E-state index in [9.17, 15) is 14.7 Å². The molecule has 0 fully saturated rings. The molecule has 1 aromatic carbocycles. The molecule has 0 amide bonds. The van der Waals surface area contributed by atoms with Gasteiger partial charge in [0.25, 0.3) is 0 Å². The van der Waals surface area contributed by atoms with Gasteiger partial charge in [0.05, 0.1) is 11.1 Å². The van der Waals surface area contributed by atoms with E-state index in [4.69, 9.17) is 5.11 Å². The number of aliphatic hydroxyl groups excluding tert-OH is 1. The number of aromatic carboxylic acids is 1. The Bertz CT molecular complexity index is 765. The highest BCUT2D eigenvalue weighted by atomic mass is 16.4. The van der Waals surface area contributed by atoms with E-state index >= 15 is 0 Å². The second-order valence-corrected chi connectivity index (χ2v) is 6.84. The minimum absolute atomic E-state index is 0.0115. The van der Waals surface area contributed by atoms with Crippen molar-refractivity contribution in [3.8, 4) is 0 Å². The molecule has 0 bridgehead atoms. The van der Waals surface area contributed by atoms with Gasteiger partial charge in [0.15, 0.2) is 5.78 Å². The largest absolute Gasteiger partial charge is 0.478 e. The number of carboxylic acid groups (broad SMARTS) is 1. The third-order valence-corrected chi connectivity index (χ3v) is 4.01. The first-order valence-corrected chi connectivity index (χ1v) is 7.69. The molecule has 0 aliphatic heterocycles. The van der Waals surface area contributed by atoms with E-state index in [0.717, 1.165) is 5.56 Å². The van der Waals surface area contributed by atoms with Crippen LogP contribution >= 0.6 is 0 Å². The number of aliphatic hydroxyl groups is 1. The maximum atomic E-state index is 12.0. The van der Waals surface area contributed by atoms with Crippen LogP contribution in [0.15, 0.2) is 18.3 Å². The number of carboxylic acids is 1. The van der Waals surface area contributed by atoms with Crippen LogP contribution in [0.3, 0.4) is 0 Å². The van der Waals surface area contributed by atoms with E-state index in [1.54, 1.807) is 16.8 Å². The SMILES string of the molecule is CC(=O)c1cn(CCCO)c2c(C(=O)O)cc(C(C)(C)C)cc12. The van der Waals surface area contributed by atoms with Crippen molar-refractivity contribution in [2.75, 3.05) is 6.61 Å². The molecular formula is C18H23NO4. The van der Waals surface area contributed by atoms with E-state index in [1.807, 2.05) is 26.8 Å². The minimum atomic E-state index is -1.01. The van der Waals surface area contributed by atoms with Crippen LogP contribution in [-0.4, -0.2) is 33.1 Å². The summed E-state index contributed by atoms with van der Waals surface area (Å²) in [5, 5.41) is 19.3. The highest BCUT2D eigenvalue weighted by molar-refractivity contribution is 6.12. The molecule has 0 radical (unpaired) electrons. The van der Waals surface area contributed by atoms with E-state index in [2.05, 4.69) is 0 Å². The van der Waals surface area contributed by atoms with Crippen LogP contribution in [-0.2, 0) is 12.0 Å². The minimum Gasteiger partial charge on any atom is -0.478 e. The molecule has 0 unspecified atom stereocenters. The number of hydrogen-bond donors (Lipinski definition) is 2. The summed E-state index contributed by atoms with van der Waals surface area (Å²) in [6.07, 6.45) is 2.20. The number of ketones is 1. The number of hydrogen-bond acceptors (Lipinski definition) is 3. The normalized spacial score (nSPS) is 11.9. The molecule has 2 rings (SSSR count). The number of carbonyl (C=O) groups excluding carboxylic acids is 1. The quantitative estimate of drug-likeness (QED) is 0.830. The lowest BCUT2D eigenvalue weighted by Gasteiger charge is -2.20. The maximum Gasteiger partial charge on any atom is 0.337 e. The van der Waals surface area contributed by atoms with Gasteiger partial charge in [0.1, 0.15) is 0 Å². The molecule has 124 valence electrons. The average molecular weight is 317 g/mol. The second kappa shape index (κ2) is 6.16. The summed E-state index contributed by atoms with van der Waals surface area (Å²) in [6, 6.07) is 3.60. The molecule has 23 heavy (non-hydrogen) atoms. The summed E-state index contributed by atoms with van der Waals surface area (Å²) < 4.78 is 1.76. The Morgan fingerprint density at radius 2 is 1.83 bits per heavy atom. The van der Waals surface area contributed by atoms with Gasteiger partial charge in [0, 0.05) is 30.3 Å². The molecule has 2 N–H and O–H groups in total. The number of aromatic nitrogens is 1. The van der Waals surface area contributed by atoms with Gasteiger partial charge in [-0.15, -0.1) is 0 Å². The fourth-order valence-electron chi connectivity index (χ4n) is 2.73. The van der Waals surface area contributed by atoms with Crippen LogP contribution in [0.4, 0.5) is 0 Å².